The summed E-state index contributed by atoms with van der Waals surface area (Å²) in [4.78, 5) is 19.7. The summed E-state index contributed by atoms with van der Waals surface area (Å²) in [5.74, 6) is 0.415. The van der Waals surface area contributed by atoms with E-state index >= 15 is 0 Å². The van der Waals surface area contributed by atoms with E-state index < -0.39 is 0 Å². The van der Waals surface area contributed by atoms with Crippen molar-refractivity contribution in [1.82, 2.24) is 10.6 Å². The number of rotatable bonds is 6. The van der Waals surface area contributed by atoms with Gasteiger partial charge in [-0.15, -0.1) is 0 Å². The fourth-order valence-electron chi connectivity index (χ4n) is 2.74. The summed E-state index contributed by atoms with van der Waals surface area (Å²) in [5, 5.41) is 13.1. The number of aryl methyl sites for hydroxylation is 3. The van der Waals surface area contributed by atoms with Gasteiger partial charge in [-0.1, -0.05) is 70.9 Å². The second-order valence-corrected chi connectivity index (χ2v) is 9.56. The largest absolute Gasteiger partial charge is 0.380 e. The van der Waals surface area contributed by atoms with Crippen molar-refractivity contribution in [2.24, 2.45) is 5.92 Å². The minimum absolute atomic E-state index is 0.101. The molecule has 1 aliphatic heterocycles. The van der Waals surface area contributed by atoms with Gasteiger partial charge < -0.3 is 15.4 Å². The number of hydrogen-bond acceptors (Lipinski definition) is 5. The lowest BCUT2D eigenvalue weighted by atomic mass is 9.99. The SMILES string of the molecule is C1CNCCOC1.CCC(C)C(C)=O.CCCC.Cc1ccc(-c2ccc(C)c(F)c2)cc1C.N#CCNC=O. The maximum absolute atomic E-state index is 13.4. The van der Waals surface area contributed by atoms with Gasteiger partial charge in [-0.05, 0) is 81.0 Å². The summed E-state index contributed by atoms with van der Waals surface area (Å²) in [6.45, 7) is 20.0. The molecule has 2 aromatic rings. The van der Waals surface area contributed by atoms with Crippen LogP contribution in [-0.4, -0.2) is 45.0 Å². The molecule has 7 heteroatoms. The number of carbonyl (C=O) groups excluding carboxylic acids is 2. The normalized spacial score (nSPS) is 12.4. The Morgan fingerprint density at radius 3 is 2.05 bits per heavy atom. The monoisotopic (exact) mass is 557 g/mol. The number of nitrogens with zero attached hydrogens (tertiary/aromatic N) is 1. The molecule has 6 nitrogen and oxygen atoms in total. The average Bonchev–Trinajstić information content (AvgIpc) is 3.29. The van der Waals surface area contributed by atoms with Crippen LogP contribution >= 0.6 is 0 Å². The Labute approximate surface area is 242 Å². The van der Waals surface area contributed by atoms with Crippen molar-refractivity contribution in [3.63, 3.8) is 0 Å². The van der Waals surface area contributed by atoms with Gasteiger partial charge in [0.1, 0.15) is 18.1 Å². The zero-order valence-electron chi connectivity index (χ0n) is 26.0. The number of ether oxygens (including phenoxy) is 1. The highest BCUT2D eigenvalue weighted by molar-refractivity contribution is 5.77. The predicted octanol–water partition coefficient (Wildman–Crippen LogP) is 7.10. The van der Waals surface area contributed by atoms with Crippen molar-refractivity contribution < 1.29 is 18.7 Å². The van der Waals surface area contributed by atoms with Crippen LogP contribution in [0.3, 0.4) is 0 Å². The number of carbonyl (C=O) groups is 2. The molecule has 0 saturated carbocycles. The standard InChI is InChI=1S/C15H15F.C6H12O.C5H11NO.C4H10.C3H4N2O/c1-10-4-6-13(8-12(10)3)14-7-5-11(2)15(16)9-14;1-4-5(2)6(3)7;1-2-6-3-5-7-4-1;1-3-4-2;4-1-2-5-3-6/h4-9H,1-3H3;5H,4H2,1-3H3;6H,1-5H2;3-4H2,1-2H3;3H,2H2,(H,5,6). The first-order valence-electron chi connectivity index (χ1n) is 14.3. The number of unbranched alkanes of at least 4 members (excludes halogenated alkanes) is 1. The zero-order valence-corrected chi connectivity index (χ0v) is 26.0. The summed E-state index contributed by atoms with van der Waals surface area (Å²) in [5.41, 5.74) is 5.19. The van der Waals surface area contributed by atoms with Gasteiger partial charge >= 0.3 is 0 Å². The smallest absolute Gasteiger partial charge is 0.207 e. The third-order valence-electron chi connectivity index (χ3n) is 6.15. The van der Waals surface area contributed by atoms with E-state index in [1.54, 1.807) is 26.0 Å². The Morgan fingerprint density at radius 2 is 1.62 bits per heavy atom. The maximum Gasteiger partial charge on any atom is 0.207 e. The van der Waals surface area contributed by atoms with Crippen LogP contribution < -0.4 is 10.6 Å². The molecule has 0 bridgehead atoms. The maximum atomic E-state index is 13.4. The van der Waals surface area contributed by atoms with Crippen LogP contribution in [0.15, 0.2) is 36.4 Å². The fourth-order valence-corrected chi connectivity index (χ4v) is 2.74. The number of benzene rings is 2. The third-order valence-corrected chi connectivity index (χ3v) is 6.15. The van der Waals surface area contributed by atoms with Gasteiger partial charge in [0.25, 0.3) is 0 Å². The van der Waals surface area contributed by atoms with E-state index in [1.807, 2.05) is 32.0 Å². The molecular weight excluding hydrogens is 505 g/mol. The van der Waals surface area contributed by atoms with E-state index in [4.69, 9.17) is 10.00 Å². The quantitative estimate of drug-likeness (QED) is 0.225. The summed E-state index contributed by atoms with van der Waals surface area (Å²) in [6.07, 6.45) is 5.26. The van der Waals surface area contributed by atoms with Gasteiger partial charge in [-0.2, -0.15) is 5.26 Å². The van der Waals surface area contributed by atoms with Crippen LogP contribution in [0.5, 0.6) is 0 Å². The molecule has 1 fully saturated rings. The van der Waals surface area contributed by atoms with E-state index in [-0.39, 0.29) is 18.3 Å². The molecule has 1 saturated heterocycles. The predicted molar refractivity (Wildman–Crippen MR) is 165 cm³/mol. The average molecular weight is 558 g/mol. The minimum Gasteiger partial charge on any atom is -0.380 e. The van der Waals surface area contributed by atoms with Crippen LogP contribution in [0.4, 0.5) is 4.39 Å². The Kier molecular flexibility index (Phi) is 25.5. The molecular formula is C33H52FN3O3. The first-order valence-corrected chi connectivity index (χ1v) is 14.3. The molecule has 1 amide bonds. The fraction of sp³-hybridized carbons (Fsp3) is 0.545. The van der Waals surface area contributed by atoms with Gasteiger partial charge in [0.05, 0.1) is 12.7 Å². The van der Waals surface area contributed by atoms with Crippen molar-refractivity contribution in [3.8, 4) is 17.2 Å². The van der Waals surface area contributed by atoms with Crippen LogP contribution in [-0.2, 0) is 14.3 Å². The van der Waals surface area contributed by atoms with Crippen LogP contribution in [0.2, 0.25) is 0 Å². The molecule has 0 aliphatic carbocycles. The summed E-state index contributed by atoms with van der Waals surface area (Å²) in [7, 11) is 0. The van der Waals surface area contributed by atoms with E-state index in [9.17, 15) is 14.0 Å². The Morgan fingerprint density at radius 1 is 1.02 bits per heavy atom. The Bertz CT molecular complexity index is 918. The lowest BCUT2D eigenvalue weighted by molar-refractivity contribution is -0.120. The molecule has 2 N–H and O–H groups in total. The highest BCUT2D eigenvalue weighted by Crippen LogP contribution is 2.23. The minimum atomic E-state index is -0.143. The Balaban J connectivity index is 0. The topological polar surface area (TPSA) is 91.2 Å². The molecule has 1 unspecified atom stereocenters. The van der Waals surface area contributed by atoms with E-state index in [0.717, 1.165) is 43.9 Å². The molecule has 1 heterocycles. The highest BCUT2D eigenvalue weighted by atomic mass is 19.1. The van der Waals surface area contributed by atoms with Crippen molar-refractivity contribution >= 4 is 12.2 Å². The zero-order chi connectivity index (χ0) is 30.8. The van der Waals surface area contributed by atoms with Gasteiger partial charge in [0.15, 0.2) is 0 Å². The van der Waals surface area contributed by atoms with Crippen LogP contribution in [0.25, 0.3) is 11.1 Å². The number of amides is 1. The summed E-state index contributed by atoms with van der Waals surface area (Å²) in [6, 6.07) is 13.3. The first kappa shape index (κ1) is 39.1. The second-order valence-electron chi connectivity index (χ2n) is 9.56. The van der Waals surface area contributed by atoms with Crippen molar-refractivity contribution in [2.45, 2.75) is 81.1 Å². The second kappa shape index (κ2) is 26.2. The highest BCUT2D eigenvalue weighted by Gasteiger charge is 2.03. The molecule has 224 valence electrons. The molecule has 2 aromatic carbocycles. The summed E-state index contributed by atoms with van der Waals surface area (Å²) >= 11 is 0. The lowest BCUT2D eigenvalue weighted by Crippen LogP contribution is -2.15. The molecule has 1 atom stereocenters. The molecule has 40 heavy (non-hydrogen) atoms. The lowest BCUT2D eigenvalue weighted by Gasteiger charge is -2.06. The molecule has 0 spiro atoms. The number of ketones is 1. The molecule has 3 rings (SSSR count). The number of nitrogens with one attached hydrogen (secondary N) is 2. The van der Waals surface area contributed by atoms with E-state index in [2.05, 4.69) is 50.5 Å². The summed E-state index contributed by atoms with van der Waals surface area (Å²) < 4.78 is 18.6. The van der Waals surface area contributed by atoms with Gasteiger partial charge in [-0.25, -0.2) is 4.39 Å². The van der Waals surface area contributed by atoms with Gasteiger partial charge in [0, 0.05) is 19.1 Å². The van der Waals surface area contributed by atoms with E-state index in [1.165, 1.54) is 30.4 Å². The van der Waals surface area contributed by atoms with Crippen molar-refractivity contribution in [3.05, 3.63) is 58.9 Å². The number of hydrogen-bond donors (Lipinski definition) is 2. The number of Topliss-reactive ketones (excluding diaryl/α,β-unsaturated/α-hetero) is 1. The molecule has 1 aliphatic rings. The first-order chi connectivity index (χ1) is 19.1. The van der Waals surface area contributed by atoms with Gasteiger partial charge in [-0.3, -0.25) is 9.59 Å². The molecule has 0 aromatic heterocycles. The third kappa shape index (κ3) is 20.8. The van der Waals surface area contributed by atoms with Crippen LogP contribution in [0, 0.1) is 43.8 Å². The number of halogens is 1. The van der Waals surface area contributed by atoms with Crippen molar-refractivity contribution in [2.75, 3.05) is 32.8 Å². The van der Waals surface area contributed by atoms with Crippen LogP contribution in [0.1, 0.15) is 77.0 Å². The van der Waals surface area contributed by atoms with Crippen molar-refractivity contribution in [1.29, 1.82) is 5.26 Å². The van der Waals surface area contributed by atoms with Gasteiger partial charge in [0.2, 0.25) is 6.41 Å². The number of nitriles is 1. The Hall–Kier alpha value is -3.08. The van der Waals surface area contributed by atoms with E-state index in [0.29, 0.717) is 17.8 Å². The molecule has 0 radical (unpaired) electrons.